The number of thiazole rings is 1. The Morgan fingerprint density at radius 2 is 2.25 bits per heavy atom. The lowest BCUT2D eigenvalue weighted by Gasteiger charge is -2.08. The first-order valence-corrected chi connectivity index (χ1v) is 7.89. The highest BCUT2D eigenvalue weighted by Gasteiger charge is 2.22. The molecule has 1 aliphatic rings. The zero-order chi connectivity index (χ0) is 13.9. The second-order valence-corrected chi connectivity index (χ2v) is 6.28. The molecule has 2 aromatic heterocycles. The molecule has 0 spiro atoms. The van der Waals surface area contributed by atoms with E-state index in [0.29, 0.717) is 6.54 Å². The van der Waals surface area contributed by atoms with E-state index < -0.39 is 0 Å². The highest BCUT2D eigenvalue weighted by Crippen LogP contribution is 2.26. The van der Waals surface area contributed by atoms with Crippen molar-refractivity contribution in [2.24, 2.45) is 5.92 Å². The molecule has 2 heterocycles. The van der Waals surface area contributed by atoms with Gasteiger partial charge in [-0.3, -0.25) is 4.79 Å². The average molecular weight is 290 g/mol. The van der Waals surface area contributed by atoms with Crippen LogP contribution < -0.4 is 5.32 Å². The van der Waals surface area contributed by atoms with Gasteiger partial charge in [0.05, 0.1) is 11.6 Å². The molecule has 0 aliphatic heterocycles. The van der Waals surface area contributed by atoms with Crippen molar-refractivity contribution >= 4 is 17.2 Å². The Morgan fingerprint density at radius 1 is 1.45 bits per heavy atom. The van der Waals surface area contributed by atoms with Crippen LogP contribution in [0.3, 0.4) is 0 Å². The number of nitrogens with zero attached hydrogens (tertiary/aromatic N) is 1. The van der Waals surface area contributed by atoms with Gasteiger partial charge in [0.2, 0.25) is 5.91 Å². The largest absolute Gasteiger partial charge is 0.458 e. The number of rotatable bonds is 4. The average Bonchev–Trinajstić information content (AvgIpc) is 3.16. The Balaban J connectivity index is 1.58. The zero-order valence-corrected chi connectivity index (χ0v) is 12.3. The van der Waals surface area contributed by atoms with Crippen LogP contribution >= 0.6 is 11.3 Å². The molecule has 1 N–H and O–H groups in total. The van der Waals surface area contributed by atoms with Crippen LogP contribution in [0.1, 0.15) is 36.5 Å². The predicted octanol–water partition coefficient (Wildman–Crippen LogP) is 3.52. The van der Waals surface area contributed by atoms with Crippen LogP contribution in [0.5, 0.6) is 0 Å². The highest BCUT2D eigenvalue weighted by atomic mass is 32.1. The molecule has 3 rings (SSSR count). The van der Waals surface area contributed by atoms with Gasteiger partial charge >= 0.3 is 0 Å². The number of carbonyl (C=O) groups is 1. The molecule has 0 radical (unpaired) electrons. The van der Waals surface area contributed by atoms with Crippen molar-refractivity contribution in [1.82, 2.24) is 10.3 Å². The molecule has 20 heavy (non-hydrogen) atoms. The van der Waals surface area contributed by atoms with E-state index in [1.165, 1.54) is 12.8 Å². The lowest BCUT2D eigenvalue weighted by Crippen LogP contribution is -2.28. The van der Waals surface area contributed by atoms with Gasteiger partial charge in [0.25, 0.3) is 0 Å². The SMILES string of the molecule is Cc1nc(-c2ccc(CNC(=O)C3CCCC3)o2)cs1. The molecule has 4 nitrogen and oxygen atoms in total. The number of nitrogens with one attached hydrogen (secondary N) is 1. The quantitative estimate of drug-likeness (QED) is 0.937. The number of aromatic nitrogens is 1. The third-order valence-corrected chi connectivity index (χ3v) is 4.47. The van der Waals surface area contributed by atoms with Gasteiger partial charge in [-0.1, -0.05) is 12.8 Å². The third-order valence-electron chi connectivity index (χ3n) is 3.70. The first-order chi connectivity index (χ1) is 9.72. The van der Waals surface area contributed by atoms with Crippen molar-refractivity contribution < 1.29 is 9.21 Å². The second kappa shape index (κ2) is 5.79. The van der Waals surface area contributed by atoms with Crippen molar-refractivity contribution in [3.05, 3.63) is 28.3 Å². The van der Waals surface area contributed by atoms with Crippen molar-refractivity contribution in [1.29, 1.82) is 0 Å². The number of amides is 1. The second-order valence-electron chi connectivity index (χ2n) is 5.22. The van der Waals surface area contributed by atoms with E-state index in [1.807, 2.05) is 24.4 Å². The van der Waals surface area contributed by atoms with Gasteiger partial charge in [-0.2, -0.15) is 0 Å². The Hall–Kier alpha value is -1.62. The number of furan rings is 1. The van der Waals surface area contributed by atoms with Crippen LogP contribution in [-0.2, 0) is 11.3 Å². The monoisotopic (exact) mass is 290 g/mol. The maximum Gasteiger partial charge on any atom is 0.223 e. The lowest BCUT2D eigenvalue weighted by atomic mass is 10.1. The Labute approximate surface area is 122 Å². The first kappa shape index (κ1) is 13.4. The van der Waals surface area contributed by atoms with Crippen molar-refractivity contribution in [3.63, 3.8) is 0 Å². The van der Waals surface area contributed by atoms with E-state index >= 15 is 0 Å². The number of hydrogen-bond acceptors (Lipinski definition) is 4. The standard InChI is InChI=1S/C15H18N2O2S/c1-10-17-13(9-20-10)14-7-6-12(19-14)8-16-15(18)11-4-2-3-5-11/h6-7,9,11H,2-5,8H2,1H3,(H,16,18). The fraction of sp³-hybridized carbons (Fsp3) is 0.467. The van der Waals surface area contributed by atoms with Crippen LogP contribution in [0, 0.1) is 12.8 Å². The summed E-state index contributed by atoms with van der Waals surface area (Å²) in [5, 5.41) is 5.96. The predicted molar refractivity (Wildman–Crippen MR) is 78.4 cm³/mol. The van der Waals surface area contributed by atoms with Crippen molar-refractivity contribution in [2.45, 2.75) is 39.2 Å². The van der Waals surface area contributed by atoms with Gasteiger partial charge in [0.15, 0.2) is 5.76 Å². The third kappa shape index (κ3) is 2.93. The lowest BCUT2D eigenvalue weighted by molar-refractivity contribution is -0.125. The molecule has 106 valence electrons. The fourth-order valence-corrected chi connectivity index (χ4v) is 3.20. The smallest absolute Gasteiger partial charge is 0.223 e. The molecule has 0 bridgehead atoms. The van der Waals surface area contributed by atoms with Crippen LogP contribution in [-0.4, -0.2) is 10.9 Å². The topological polar surface area (TPSA) is 55.1 Å². The molecule has 0 atom stereocenters. The van der Waals surface area contributed by atoms with Gasteiger partial charge in [-0.15, -0.1) is 11.3 Å². The molecular weight excluding hydrogens is 272 g/mol. The molecule has 0 aromatic carbocycles. The minimum atomic E-state index is 0.157. The maximum absolute atomic E-state index is 11.9. The summed E-state index contributed by atoms with van der Waals surface area (Å²) < 4.78 is 5.73. The van der Waals surface area contributed by atoms with Crippen molar-refractivity contribution in [3.8, 4) is 11.5 Å². The summed E-state index contributed by atoms with van der Waals surface area (Å²) >= 11 is 1.60. The van der Waals surface area contributed by atoms with Gasteiger partial charge in [-0.05, 0) is 31.9 Å². The van der Waals surface area contributed by atoms with E-state index in [2.05, 4.69) is 10.3 Å². The maximum atomic E-state index is 11.9. The Kier molecular flexibility index (Phi) is 3.87. The number of aryl methyl sites for hydroxylation is 1. The van der Waals surface area contributed by atoms with E-state index in [4.69, 9.17) is 4.42 Å². The van der Waals surface area contributed by atoms with Crippen LogP contribution in [0.2, 0.25) is 0 Å². The van der Waals surface area contributed by atoms with Crippen LogP contribution in [0.25, 0.3) is 11.5 Å². The zero-order valence-electron chi connectivity index (χ0n) is 11.5. The molecule has 1 aliphatic carbocycles. The molecule has 5 heteroatoms. The summed E-state index contributed by atoms with van der Waals surface area (Å²) in [6.45, 7) is 2.43. The van der Waals surface area contributed by atoms with E-state index in [0.717, 1.165) is 35.1 Å². The van der Waals surface area contributed by atoms with E-state index in [-0.39, 0.29) is 11.8 Å². The van der Waals surface area contributed by atoms with Crippen LogP contribution in [0.4, 0.5) is 0 Å². The molecule has 2 aromatic rings. The molecule has 1 saturated carbocycles. The first-order valence-electron chi connectivity index (χ1n) is 7.01. The minimum absolute atomic E-state index is 0.157. The minimum Gasteiger partial charge on any atom is -0.458 e. The Bertz CT molecular complexity index is 597. The molecule has 0 unspecified atom stereocenters. The van der Waals surface area contributed by atoms with Gasteiger partial charge < -0.3 is 9.73 Å². The van der Waals surface area contributed by atoms with E-state index in [1.54, 1.807) is 11.3 Å². The van der Waals surface area contributed by atoms with E-state index in [9.17, 15) is 4.79 Å². The summed E-state index contributed by atoms with van der Waals surface area (Å²) in [6, 6.07) is 3.81. The Morgan fingerprint density at radius 3 is 2.95 bits per heavy atom. The summed E-state index contributed by atoms with van der Waals surface area (Å²) in [5.74, 6) is 1.90. The fourth-order valence-electron chi connectivity index (χ4n) is 2.59. The molecular formula is C15H18N2O2S. The molecule has 1 fully saturated rings. The van der Waals surface area contributed by atoms with Crippen molar-refractivity contribution in [2.75, 3.05) is 0 Å². The number of carbonyl (C=O) groups excluding carboxylic acids is 1. The summed E-state index contributed by atoms with van der Waals surface area (Å²) in [6.07, 6.45) is 4.39. The summed E-state index contributed by atoms with van der Waals surface area (Å²) in [5.41, 5.74) is 0.862. The normalized spacial score (nSPS) is 15.7. The van der Waals surface area contributed by atoms with Gasteiger partial charge in [0, 0.05) is 11.3 Å². The van der Waals surface area contributed by atoms with Gasteiger partial charge in [0.1, 0.15) is 11.5 Å². The number of hydrogen-bond donors (Lipinski definition) is 1. The van der Waals surface area contributed by atoms with Crippen LogP contribution in [0.15, 0.2) is 21.9 Å². The molecule has 1 amide bonds. The highest BCUT2D eigenvalue weighted by molar-refractivity contribution is 7.09. The summed E-state index contributed by atoms with van der Waals surface area (Å²) in [7, 11) is 0. The summed E-state index contributed by atoms with van der Waals surface area (Å²) in [4.78, 5) is 16.3. The van der Waals surface area contributed by atoms with Gasteiger partial charge in [-0.25, -0.2) is 4.98 Å². The molecule has 0 saturated heterocycles.